The third-order valence-corrected chi connectivity index (χ3v) is 5.70. The molecule has 1 aromatic carbocycles. The first-order valence-corrected chi connectivity index (χ1v) is 9.51. The summed E-state index contributed by atoms with van der Waals surface area (Å²) in [5, 5.41) is 13.3. The summed E-state index contributed by atoms with van der Waals surface area (Å²) in [6, 6.07) is 7.91. The molecule has 3 rings (SSSR count). The van der Waals surface area contributed by atoms with Crippen LogP contribution in [0.25, 0.3) is 16.3 Å². The second kappa shape index (κ2) is 7.63. The number of hydrogen-bond donors (Lipinski definition) is 1. The maximum Gasteiger partial charge on any atom is 0.250 e. The van der Waals surface area contributed by atoms with Gasteiger partial charge >= 0.3 is 0 Å². The Balaban J connectivity index is 1.64. The number of para-hydroxylation sites is 1. The van der Waals surface area contributed by atoms with Gasteiger partial charge in [-0.15, -0.1) is 21.5 Å². The normalized spacial score (nSPS) is 11.6. The Morgan fingerprint density at radius 1 is 1.21 bits per heavy atom. The zero-order valence-electron chi connectivity index (χ0n) is 13.5. The number of anilines is 1. The lowest BCUT2D eigenvalue weighted by Gasteiger charge is -2.05. The van der Waals surface area contributed by atoms with Gasteiger partial charge in [0.05, 0.1) is 10.2 Å². The van der Waals surface area contributed by atoms with E-state index in [1.807, 2.05) is 24.3 Å². The van der Waals surface area contributed by atoms with E-state index < -0.39 is 0 Å². The summed E-state index contributed by atoms with van der Waals surface area (Å²) >= 11 is 3.00. The van der Waals surface area contributed by atoms with Gasteiger partial charge in [-0.2, -0.15) is 0 Å². The fourth-order valence-corrected chi connectivity index (χ4v) is 4.23. The standard InChI is InChI=1S/C17H18N4OS2/c1-3-11(4-2)16-20-21-17(24-16)19-14(22)9-10-15-18-12-7-5-6-8-13(12)23-15/h5-11H,3-4H2,1-2H3,(H,19,21,22)/b10-9+. The van der Waals surface area contributed by atoms with Gasteiger partial charge < -0.3 is 0 Å². The predicted molar refractivity (Wildman–Crippen MR) is 101 cm³/mol. The molecule has 24 heavy (non-hydrogen) atoms. The van der Waals surface area contributed by atoms with Crippen molar-refractivity contribution in [1.82, 2.24) is 15.2 Å². The third-order valence-electron chi connectivity index (χ3n) is 3.69. The smallest absolute Gasteiger partial charge is 0.250 e. The van der Waals surface area contributed by atoms with E-state index in [0.717, 1.165) is 33.1 Å². The Morgan fingerprint density at radius 2 is 2.00 bits per heavy atom. The van der Waals surface area contributed by atoms with Gasteiger partial charge in [0.25, 0.3) is 0 Å². The predicted octanol–water partition coefficient (Wildman–Crippen LogP) is 4.70. The number of nitrogens with one attached hydrogen (secondary N) is 1. The molecule has 5 nitrogen and oxygen atoms in total. The number of nitrogens with zero attached hydrogens (tertiary/aromatic N) is 3. The minimum atomic E-state index is -0.221. The molecule has 0 bridgehead atoms. The van der Waals surface area contributed by atoms with Crippen molar-refractivity contribution in [2.75, 3.05) is 5.32 Å². The Hall–Kier alpha value is -2.12. The van der Waals surface area contributed by atoms with Crippen LogP contribution in [0.3, 0.4) is 0 Å². The third kappa shape index (κ3) is 3.85. The average molecular weight is 358 g/mol. The molecule has 0 spiro atoms. The van der Waals surface area contributed by atoms with Crippen LogP contribution in [0.15, 0.2) is 30.3 Å². The van der Waals surface area contributed by atoms with Gasteiger partial charge in [-0.05, 0) is 31.1 Å². The first kappa shape index (κ1) is 16.7. The van der Waals surface area contributed by atoms with E-state index in [0.29, 0.717) is 11.0 Å². The molecular weight excluding hydrogens is 340 g/mol. The van der Waals surface area contributed by atoms with Gasteiger partial charge in [0.2, 0.25) is 11.0 Å². The summed E-state index contributed by atoms with van der Waals surface area (Å²) < 4.78 is 1.11. The highest BCUT2D eigenvalue weighted by molar-refractivity contribution is 7.19. The molecule has 3 aromatic rings. The molecule has 0 unspecified atom stereocenters. The first-order valence-electron chi connectivity index (χ1n) is 7.87. The van der Waals surface area contributed by atoms with E-state index in [2.05, 4.69) is 34.3 Å². The fraction of sp³-hybridized carbons (Fsp3) is 0.294. The van der Waals surface area contributed by atoms with Crippen LogP contribution in [0.4, 0.5) is 5.13 Å². The highest BCUT2D eigenvalue weighted by Crippen LogP contribution is 2.28. The molecular formula is C17H18N4OS2. The van der Waals surface area contributed by atoms with Crippen LogP contribution >= 0.6 is 22.7 Å². The van der Waals surface area contributed by atoms with Crippen LogP contribution < -0.4 is 5.32 Å². The Bertz CT molecular complexity index is 831. The molecule has 0 aliphatic carbocycles. The number of aromatic nitrogens is 3. The zero-order valence-corrected chi connectivity index (χ0v) is 15.2. The zero-order chi connectivity index (χ0) is 16.9. The lowest BCUT2D eigenvalue weighted by Crippen LogP contribution is -2.07. The van der Waals surface area contributed by atoms with Crippen molar-refractivity contribution in [2.45, 2.75) is 32.6 Å². The largest absolute Gasteiger partial charge is 0.297 e. The van der Waals surface area contributed by atoms with Crippen LogP contribution in [0.1, 0.15) is 42.6 Å². The second-order valence-corrected chi connectivity index (χ2v) is 7.37. The van der Waals surface area contributed by atoms with E-state index >= 15 is 0 Å². The summed E-state index contributed by atoms with van der Waals surface area (Å²) in [7, 11) is 0. The van der Waals surface area contributed by atoms with Crippen molar-refractivity contribution in [1.29, 1.82) is 0 Å². The average Bonchev–Trinajstić information content (AvgIpc) is 3.20. The lowest BCUT2D eigenvalue weighted by atomic mass is 10.1. The summed E-state index contributed by atoms with van der Waals surface area (Å²) in [5.74, 6) is 0.188. The van der Waals surface area contributed by atoms with Crippen molar-refractivity contribution in [2.24, 2.45) is 0 Å². The van der Waals surface area contributed by atoms with Gasteiger partial charge in [0.1, 0.15) is 10.0 Å². The Kier molecular flexibility index (Phi) is 5.32. The molecule has 1 amide bonds. The van der Waals surface area contributed by atoms with Crippen LogP contribution in [0.2, 0.25) is 0 Å². The topological polar surface area (TPSA) is 67.8 Å². The molecule has 0 saturated carbocycles. The molecule has 0 fully saturated rings. The first-order chi connectivity index (χ1) is 11.7. The van der Waals surface area contributed by atoms with Crippen LogP contribution in [0, 0.1) is 0 Å². The molecule has 0 radical (unpaired) electrons. The Morgan fingerprint density at radius 3 is 2.75 bits per heavy atom. The molecule has 0 aliphatic heterocycles. The monoisotopic (exact) mass is 358 g/mol. The number of fused-ring (bicyclic) bond motifs is 1. The van der Waals surface area contributed by atoms with Crippen LogP contribution in [-0.2, 0) is 4.79 Å². The number of carbonyl (C=O) groups is 1. The molecule has 0 atom stereocenters. The maximum atomic E-state index is 12.0. The quantitative estimate of drug-likeness (QED) is 0.648. The maximum absolute atomic E-state index is 12.0. The summed E-state index contributed by atoms with van der Waals surface area (Å²) in [5.41, 5.74) is 0.946. The molecule has 124 valence electrons. The highest BCUT2D eigenvalue weighted by Gasteiger charge is 2.13. The van der Waals surface area contributed by atoms with Gasteiger partial charge in [-0.3, -0.25) is 10.1 Å². The molecule has 0 aliphatic rings. The molecule has 2 heterocycles. The van der Waals surface area contributed by atoms with E-state index in [1.165, 1.54) is 17.4 Å². The molecule has 1 N–H and O–H groups in total. The van der Waals surface area contributed by atoms with Crippen molar-refractivity contribution < 1.29 is 4.79 Å². The minimum absolute atomic E-state index is 0.221. The SMILES string of the molecule is CCC(CC)c1nnc(NC(=O)/C=C/c2nc3ccccc3s2)s1. The van der Waals surface area contributed by atoms with E-state index in [-0.39, 0.29) is 5.91 Å². The summed E-state index contributed by atoms with van der Waals surface area (Å²) in [6.45, 7) is 4.27. The van der Waals surface area contributed by atoms with Gasteiger partial charge in [-0.25, -0.2) is 4.98 Å². The number of thiazole rings is 1. The number of hydrogen-bond acceptors (Lipinski definition) is 6. The summed E-state index contributed by atoms with van der Waals surface area (Å²) in [4.78, 5) is 16.5. The lowest BCUT2D eigenvalue weighted by molar-refractivity contribution is -0.111. The summed E-state index contributed by atoms with van der Waals surface area (Å²) in [6.07, 6.45) is 5.26. The fourth-order valence-electron chi connectivity index (χ4n) is 2.34. The van der Waals surface area contributed by atoms with Gasteiger partial charge in [-0.1, -0.05) is 37.3 Å². The van der Waals surface area contributed by atoms with E-state index in [9.17, 15) is 4.79 Å². The number of amides is 1. The van der Waals surface area contributed by atoms with E-state index in [4.69, 9.17) is 0 Å². The van der Waals surface area contributed by atoms with Gasteiger partial charge in [0, 0.05) is 12.0 Å². The minimum Gasteiger partial charge on any atom is -0.297 e. The van der Waals surface area contributed by atoms with Crippen molar-refractivity contribution in [3.05, 3.63) is 40.4 Å². The molecule has 7 heteroatoms. The Labute approximate surface area is 148 Å². The number of rotatable bonds is 6. The van der Waals surface area contributed by atoms with Gasteiger partial charge in [0.15, 0.2) is 0 Å². The van der Waals surface area contributed by atoms with Crippen molar-refractivity contribution >= 4 is 50.0 Å². The van der Waals surface area contributed by atoms with E-state index in [1.54, 1.807) is 17.4 Å². The second-order valence-electron chi connectivity index (χ2n) is 5.30. The number of carbonyl (C=O) groups excluding carboxylic acids is 1. The van der Waals surface area contributed by atoms with Crippen molar-refractivity contribution in [3.63, 3.8) is 0 Å². The molecule has 2 aromatic heterocycles. The number of benzene rings is 1. The van der Waals surface area contributed by atoms with Crippen molar-refractivity contribution in [3.8, 4) is 0 Å². The van der Waals surface area contributed by atoms with Crippen LogP contribution in [0.5, 0.6) is 0 Å². The molecule has 0 saturated heterocycles. The highest BCUT2D eigenvalue weighted by atomic mass is 32.1. The van der Waals surface area contributed by atoms with Crippen LogP contribution in [-0.4, -0.2) is 21.1 Å².